The Labute approximate surface area is 125 Å². The molecule has 2 N–H and O–H groups in total. The smallest absolute Gasteiger partial charge is 0.244 e. The molecule has 2 heterocycles. The molecule has 2 rings (SSSR count). The largest absolute Gasteiger partial charge is 0.382 e. The topological polar surface area (TPSA) is 82.6 Å². The molecule has 0 spiro atoms. The number of hydrogen-bond donors (Lipinski definition) is 1. The fraction of sp³-hybridized carbons (Fsp3) is 0.714. The van der Waals surface area contributed by atoms with Gasteiger partial charge < -0.3 is 20.1 Å². The van der Waals surface area contributed by atoms with Crippen LogP contribution in [0.2, 0.25) is 0 Å². The van der Waals surface area contributed by atoms with Crippen LogP contribution in [0.3, 0.4) is 0 Å². The number of aromatic nitrogens is 2. The minimum Gasteiger partial charge on any atom is -0.382 e. The zero-order valence-electron chi connectivity index (χ0n) is 12.5. The summed E-state index contributed by atoms with van der Waals surface area (Å²) in [6, 6.07) is 1.69. The lowest BCUT2D eigenvalue weighted by atomic mass is 10.1. The summed E-state index contributed by atoms with van der Waals surface area (Å²) in [5, 5.41) is 4.03. The van der Waals surface area contributed by atoms with Gasteiger partial charge in [0.05, 0.1) is 19.3 Å². The van der Waals surface area contributed by atoms with Crippen molar-refractivity contribution in [3.05, 3.63) is 12.3 Å². The molecule has 0 unspecified atom stereocenters. The first kappa shape index (κ1) is 15.8. The molecule has 1 saturated heterocycles. The van der Waals surface area contributed by atoms with Crippen LogP contribution in [0, 0.1) is 0 Å². The molecule has 0 saturated carbocycles. The predicted octanol–water partition coefficient (Wildman–Crippen LogP) is 0.509. The van der Waals surface area contributed by atoms with E-state index in [2.05, 4.69) is 5.10 Å². The van der Waals surface area contributed by atoms with Crippen molar-refractivity contribution < 1.29 is 14.3 Å². The van der Waals surface area contributed by atoms with Crippen molar-refractivity contribution in [1.29, 1.82) is 0 Å². The van der Waals surface area contributed by atoms with Gasteiger partial charge in [-0.3, -0.25) is 9.48 Å². The molecule has 0 aromatic carbocycles. The third-order valence-corrected chi connectivity index (χ3v) is 3.54. The normalized spacial score (nSPS) is 16.3. The molecule has 0 radical (unpaired) electrons. The van der Waals surface area contributed by atoms with Crippen molar-refractivity contribution in [2.45, 2.75) is 32.4 Å². The highest BCUT2D eigenvalue weighted by Gasteiger charge is 2.23. The zero-order chi connectivity index (χ0) is 15.1. The van der Waals surface area contributed by atoms with Gasteiger partial charge in [-0.25, -0.2) is 0 Å². The van der Waals surface area contributed by atoms with Crippen LogP contribution in [0.1, 0.15) is 19.8 Å². The second kappa shape index (κ2) is 7.99. The van der Waals surface area contributed by atoms with Crippen molar-refractivity contribution in [2.75, 3.05) is 38.6 Å². The summed E-state index contributed by atoms with van der Waals surface area (Å²) in [5.74, 6) is 0.509. The van der Waals surface area contributed by atoms with Crippen LogP contribution in [0.25, 0.3) is 0 Å². The van der Waals surface area contributed by atoms with E-state index in [-0.39, 0.29) is 18.6 Å². The third-order valence-electron chi connectivity index (χ3n) is 3.54. The molecular weight excluding hydrogens is 272 g/mol. The monoisotopic (exact) mass is 296 g/mol. The standard InChI is InChI=1S/C14H24N4O3/c1-2-20-9-10-21-12-3-6-17(7-4-12)14(19)11-18-8-5-13(15)16-18/h5,8,12H,2-4,6-7,9-11H2,1H3,(H2,15,16). The summed E-state index contributed by atoms with van der Waals surface area (Å²) in [4.78, 5) is 14.0. The number of nitrogens with two attached hydrogens (primary N) is 1. The zero-order valence-corrected chi connectivity index (χ0v) is 12.5. The van der Waals surface area contributed by atoms with Crippen LogP contribution in [0.4, 0.5) is 5.82 Å². The first-order valence-electron chi connectivity index (χ1n) is 7.45. The molecule has 7 nitrogen and oxygen atoms in total. The fourth-order valence-corrected chi connectivity index (χ4v) is 2.39. The van der Waals surface area contributed by atoms with Crippen molar-refractivity contribution >= 4 is 11.7 Å². The predicted molar refractivity (Wildman–Crippen MR) is 78.7 cm³/mol. The van der Waals surface area contributed by atoms with Crippen molar-refractivity contribution in [3.63, 3.8) is 0 Å². The van der Waals surface area contributed by atoms with Gasteiger partial charge in [0.1, 0.15) is 12.4 Å². The Hall–Kier alpha value is -1.60. The summed E-state index contributed by atoms with van der Waals surface area (Å²) in [6.45, 7) is 5.65. The van der Waals surface area contributed by atoms with Crippen molar-refractivity contribution in [1.82, 2.24) is 14.7 Å². The number of carbonyl (C=O) groups is 1. The maximum Gasteiger partial charge on any atom is 0.244 e. The number of ether oxygens (including phenoxy) is 2. The Morgan fingerprint density at radius 3 is 2.81 bits per heavy atom. The molecule has 1 aliphatic heterocycles. The van der Waals surface area contributed by atoms with Crippen LogP contribution in [0.5, 0.6) is 0 Å². The van der Waals surface area contributed by atoms with Crippen LogP contribution >= 0.6 is 0 Å². The van der Waals surface area contributed by atoms with E-state index in [1.54, 1.807) is 16.9 Å². The van der Waals surface area contributed by atoms with Gasteiger partial charge in [-0.2, -0.15) is 5.10 Å². The summed E-state index contributed by atoms with van der Waals surface area (Å²) in [5.41, 5.74) is 5.54. The highest BCUT2D eigenvalue weighted by Crippen LogP contribution is 2.14. The van der Waals surface area contributed by atoms with Gasteiger partial charge in [0, 0.05) is 25.9 Å². The van der Waals surface area contributed by atoms with Crippen LogP contribution in [-0.4, -0.2) is 59.6 Å². The number of nitrogens with zero attached hydrogens (tertiary/aromatic N) is 3. The second-order valence-corrected chi connectivity index (χ2v) is 5.09. The summed E-state index contributed by atoms with van der Waals surface area (Å²) < 4.78 is 12.6. The molecule has 0 bridgehead atoms. The number of likely N-dealkylation sites (tertiary alicyclic amines) is 1. The maximum absolute atomic E-state index is 12.1. The number of piperidine rings is 1. The minimum absolute atomic E-state index is 0.0749. The molecule has 118 valence electrons. The summed E-state index contributed by atoms with van der Waals surface area (Å²) in [6.07, 6.45) is 3.70. The lowest BCUT2D eigenvalue weighted by Gasteiger charge is -2.32. The Morgan fingerprint density at radius 2 is 2.19 bits per heavy atom. The lowest BCUT2D eigenvalue weighted by Crippen LogP contribution is -2.42. The fourth-order valence-electron chi connectivity index (χ4n) is 2.39. The van der Waals surface area contributed by atoms with Gasteiger partial charge in [0.25, 0.3) is 0 Å². The average molecular weight is 296 g/mol. The number of amides is 1. The second-order valence-electron chi connectivity index (χ2n) is 5.09. The van der Waals surface area contributed by atoms with E-state index in [4.69, 9.17) is 15.2 Å². The SMILES string of the molecule is CCOCCOC1CCN(C(=O)Cn2ccc(N)n2)CC1. The average Bonchev–Trinajstić information content (AvgIpc) is 2.89. The number of rotatable bonds is 7. The quantitative estimate of drug-likeness (QED) is 0.741. The molecule has 1 aromatic rings. The van der Waals surface area contributed by atoms with Crippen molar-refractivity contribution in [3.8, 4) is 0 Å². The molecule has 0 aliphatic carbocycles. The Bertz CT molecular complexity index is 441. The molecule has 1 aromatic heterocycles. The first-order chi connectivity index (χ1) is 10.2. The molecule has 7 heteroatoms. The van der Waals surface area contributed by atoms with E-state index >= 15 is 0 Å². The van der Waals surface area contributed by atoms with Gasteiger partial charge in [-0.15, -0.1) is 0 Å². The van der Waals surface area contributed by atoms with E-state index in [0.717, 1.165) is 25.9 Å². The molecule has 1 fully saturated rings. The van der Waals surface area contributed by atoms with Crippen molar-refractivity contribution in [2.24, 2.45) is 0 Å². The third kappa shape index (κ3) is 5.02. The Morgan fingerprint density at radius 1 is 1.43 bits per heavy atom. The van der Waals surface area contributed by atoms with E-state index in [1.165, 1.54) is 0 Å². The number of carbonyl (C=O) groups excluding carboxylic acids is 1. The van der Waals surface area contributed by atoms with Gasteiger partial charge >= 0.3 is 0 Å². The van der Waals surface area contributed by atoms with E-state index < -0.39 is 0 Å². The van der Waals surface area contributed by atoms with E-state index in [1.807, 2.05) is 11.8 Å². The maximum atomic E-state index is 12.1. The highest BCUT2D eigenvalue weighted by molar-refractivity contribution is 5.76. The number of nitrogen functional groups attached to an aromatic ring is 1. The van der Waals surface area contributed by atoms with Crippen LogP contribution in [-0.2, 0) is 20.8 Å². The summed E-state index contributed by atoms with van der Waals surface area (Å²) >= 11 is 0. The molecule has 0 atom stereocenters. The van der Waals surface area contributed by atoms with Crippen LogP contribution < -0.4 is 5.73 Å². The van der Waals surface area contributed by atoms with Gasteiger partial charge in [-0.05, 0) is 25.8 Å². The number of hydrogen-bond acceptors (Lipinski definition) is 5. The Balaban J connectivity index is 1.67. The Kier molecular flexibility index (Phi) is 6.01. The molecule has 1 amide bonds. The molecule has 21 heavy (non-hydrogen) atoms. The lowest BCUT2D eigenvalue weighted by molar-refractivity contribution is -0.134. The summed E-state index contributed by atoms with van der Waals surface area (Å²) in [7, 11) is 0. The van der Waals surface area contributed by atoms with Gasteiger partial charge in [0.2, 0.25) is 5.91 Å². The highest BCUT2D eigenvalue weighted by atomic mass is 16.5. The van der Waals surface area contributed by atoms with Gasteiger partial charge in [-0.1, -0.05) is 0 Å². The molecular formula is C14H24N4O3. The first-order valence-corrected chi connectivity index (χ1v) is 7.45. The molecule has 1 aliphatic rings. The minimum atomic E-state index is 0.0749. The van der Waals surface area contributed by atoms with Gasteiger partial charge in [0.15, 0.2) is 0 Å². The number of anilines is 1. The van der Waals surface area contributed by atoms with E-state index in [9.17, 15) is 4.79 Å². The van der Waals surface area contributed by atoms with E-state index in [0.29, 0.717) is 25.6 Å². The van der Waals surface area contributed by atoms with Crippen LogP contribution in [0.15, 0.2) is 12.3 Å².